The summed E-state index contributed by atoms with van der Waals surface area (Å²) in [4.78, 5) is 0. The van der Waals surface area contributed by atoms with E-state index in [0.717, 1.165) is 11.3 Å². The monoisotopic (exact) mass is 294 g/mol. The molecule has 0 saturated carbocycles. The van der Waals surface area contributed by atoms with Crippen LogP contribution in [0.1, 0.15) is 17.3 Å². The molecule has 0 radical (unpaired) electrons. The second-order valence-electron chi connectivity index (χ2n) is 4.95. The lowest BCUT2D eigenvalue weighted by Crippen LogP contribution is -2.41. The maximum atomic E-state index is 13.1. The molecule has 0 fully saturated rings. The first kappa shape index (κ1) is 13.3. The van der Waals surface area contributed by atoms with Gasteiger partial charge in [-0.15, -0.1) is 0 Å². The van der Waals surface area contributed by atoms with Gasteiger partial charge in [-0.1, -0.05) is 12.1 Å². The van der Waals surface area contributed by atoms with Crippen LogP contribution >= 0.6 is 0 Å². The van der Waals surface area contributed by atoms with Crippen LogP contribution in [-0.2, 0) is 16.6 Å². The van der Waals surface area contributed by atoms with Crippen LogP contribution in [-0.4, -0.2) is 30.1 Å². The molecule has 6 heteroatoms. The van der Waals surface area contributed by atoms with Gasteiger partial charge in [0.1, 0.15) is 5.82 Å². The first-order valence-corrected chi connectivity index (χ1v) is 8.19. The van der Waals surface area contributed by atoms with Crippen molar-refractivity contribution in [1.82, 2.24) is 8.87 Å². The Labute approximate surface area is 117 Å². The average Bonchev–Trinajstić information content (AvgIpc) is 2.85. The molecule has 1 aliphatic heterocycles. The number of nitrogens with zero attached hydrogens (tertiary/aromatic N) is 2. The summed E-state index contributed by atoms with van der Waals surface area (Å²) in [6.45, 7) is 1.05. The number of hydrogen-bond donors (Lipinski definition) is 0. The molecule has 0 saturated heterocycles. The van der Waals surface area contributed by atoms with Crippen molar-refractivity contribution in [2.45, 2.75) is 12.6 Å². The third-order valence-corrected chi connectivity index (χ3v) is 4.85. The molecule has 4 nitrogen and oxygen atoms in total. The first-order valence-electron chi connectivity index (χ1n) is 6.34. The van der Waals surface area contributed by atoms with Crippen molar-refractivity contribution in [3.63, 3.8) is 0 Å². The van der Waals surface area contributed by atoms with Crippen LogP contribution in [0, 0.1) is 5.82 Å². The van der Waals surface area contributed by atoms with Gasteiger partial charge < -0.3 is 4.57 Å². The van der Waals surface area contributed by atoms with Crippen molar-refractivity contribution in [2.75, 3.05) is 12.8 Å². The van der Waals surface area contributed by atoms with Gasteiger partial charge in [0.25, 0.3) is 0 Å². The van der Waals surface area contributed by atoms with Crippen molar-refractivity contribution >= 4 is 10.0 Å². The molecule has 1 aromatic carbocycles. The summed E-state index contributed by atoms with van der Waals surface area (Å²) in [5, 5.41) is 0. The maximum Gasteiger partial charge on any atom is 0.212 e. The molecule has 0 aliphatic carbocycles. The molecule has 2 heterocycles. The van der Waals surface area contributed by atoms with Crippen LogP contribution in [0.15, 0.2) is 42.6 Å². The van der Waals surface area contributed by atoms with Crippen molar-refractivity contribution in [2.24, 2.45) is 0 Å². The van der Waals surface area contributed by atoms with Crippen molar-refractivity contribution in [3.8, 4) is 0 Å². The highest BCUT2D eigenvalue weighted by Crippen LogP contribution is 2.33. The van der Waals surface area contributed by atoms with Crippen LogP contribution in [0.3, 0.4) is 0 Å². The predicted octanol–water partition coefficient (Wildman–Crippen LogP) is 1.99. The van der Waals surface area contributed by atoms with Gasteiger partial charge in [0.2, 0.25) is 10.0 Å². The Hall–Kier alpha value is -1.66. The van der Waals surface area contributed by atoms with E-state index < -0.39 is 16.1 Å². The van der Waals surface area contributed by atoms with Gasteiger partial charge in [0.15, 0.2) is 0 Å². The highest BCUT2D eigenvalue weighted by molar-refractivity contribution is 7.88. The minimum absolute atomic E-state index is 0.328. The Morgan fingerprint density at radius 3 is 2.50 bits per heavy atom. The highest BCUT2D eigenvalue weighted by Gasteiger charge is 2.34. The smallest absolute Gasteiger partial charge is 0.212 e. The summed E-state index contributed by atoms with van der Waals surface area (Å²) < 4.78 is 40.6. The topological polar surface area (TPSA) is 42.3 Å². The van der Waals surface area contributed by atoms with Gasteiger partial charge in [0.05, 0.1) is 12.3 Å². The number of hydrogen-bond acceptors (Lipinski definition) is 2. The van der Waals surface area contributed by atoms with E-state index in [2.05, 4.69) is 0 Å². The van der Waals surface area contributed by atoms with Crippen molar-refractivity contribution in [3.05, 3.63) is 59.7 Å². The lowest BCUT2D eigenvalue weighted by molar-refractivity contribution is 0.300. The van der Waals surface area contributed by atoms with Crippen LogP contribution in [0.5, 0.6) is 0 Å². The largest absolute Gasteiger partial charge is 0.348 e. The van der Waals surface area contributed by atoms with E-state index in [9.17, 15) is 12.8 Å². The van der Waals surface area contributed by atoms with E-state index in [-0.39, 0.29) is 5.82 Å². The fraction of sp³-hybridized carbons (Fsp3) is 0.286. The number of fused-ring (bicyclic) bond motifs is 1. The number of aromatic nitrogens is 1. The Kier molecular flexibility index (Phi) is 3.14. The highest BCUT2D eigenvalue weighted by atomic mass is 32.2. The van der Waals surface area contributed by atoms with Gasteiger partial charge in [-0.05, 0) is 29.8 Å². The summed E-state index contributed by atoms with van der Waals surface area (Å²) in [5.41, 5.74) is 1.68. The van der Waals surface area contributed by atoms with E-state index in [1.54, 1.807) is 12.1 Å². The molecule has 0 amide bonds. The number of benzene rings is 1. The number of halogens is 1. The lowest BCUT2D eigenvalue weighted by Gasteiger charge is -2.35. The molecule has 106 valence electrons. The number of rotatable bonds is 2. The molecule has 0 N–H and O–H groups in total. The minimum Gasteiger partial charge on any atom is -0.348 e. The van der Waals surface area contributed by atoms with E-state index in [1.165, 1.54) is 22.7 Å². The summed E-state index contributed by atoms with van der Waals surface area (Å²) in [5.74, 6) is -0.328. The Morgan fingerprint density at radius 1 is 1.15 bits per heavy atom. The molecule has 0 spiro atoms. The van der Waals surface area contributed by atoms with Crippen molar-refractivity contribution < 1.29 is 12.8 Å². The molecule has 1 atom stereocenters. The van der Waals surface area contributed by atoms with Crippen molar-refractivity contribution in [1.29, 1.82) is 0 Å². The van der Waals surface area contributed by atoms with Gasteiger partial charge in [-0.25, -0.2) is 12.8 Å². The first-order chi connectivity index (χ1) is 9.47. The van der Waals surface area contributed by atoms with Crippen LogP contribution in [0.4, 0.5) is 4.39 Å². The van der Waals surface area contributed by atoms with Crippen LogP contribution < -0.4 is 0 Å². The maximum absolute atomic E-state index is 13.1. The van der Waals surface area contributed by atoms with Crippen LogP contribution in [0.25, 0.3) is 0 Å². The van der Waals surface area contributed by atoms with E-state index in [1.807, 2.05) is 22.9 Å². The normalized spacial score (nSPS) is 19.8. The quantitative estimate of drug-likeness (QED) is 0.850. The molecule has 2 aromatic rings. The van der Waals surface area contributed by atoms with Gasteiger partial charge in [-0.2, -0.15) is 4.31 Å². The zero-order chi connectivity index (χ0) is 14.3. The van der Waals surface area contributed by atoms with Gasteiger partial charge in [0, 0.05) is 25.0 Å². The van der Waals surface area contributed by atoms with Gasteiger partial charge >= 0.3 is 0 Å². The number of sulfonamides is 1. The van der Waals surface area contributed by atoms with Crippen LogP contribution in [0.2, 0.25) is 0 Å². The lowest BCUT2D eigenvalue weighted by atomic mass is 10.0. The summed E-state index contributed by atoms with van der Waals surface area (Å²) in [7, 11) is -3.33. The zero-order valence-electron chi connectivity index (χ0n) is 11.0. The molecule has 1 aromatic heterocycles. The van der Waals surface area contributed by atoms with Gasteiger partial charge in [-0.3, -0.25) is 0 Å². The summed E-state index contributed by atoms with van der Waals surface area (Å²) >= 11 is 0. The third kappa shape index (κ3) is 2.25. The van der Waals surface area contributed by atoms with E-state index in [0.29, 0.717) is 13.1 Å². The fourth-order valence-corrected chi connectivity index (χ4v) is 3.73. The molecule has 3 rings (SSSR count). The Morgan fingerprint density at radius 2 is 1.85 bits per heavy atom. The van der Waals surface area contributed by atoms with E-state index >= 15 is 0 Å². The van der Waals surface area contributed by atoms with E-state index in [4.69, 9.17) is 0 Å². The molecular formula is C14H15FN2O2S. The second kappa shape index (κ2) is 4.71. The summed E-state index contributed by atoms with van der Waals surface area (Å²) in [6.07, 6.45) is 3.15. The zero-order valence-corrected chi connectivity index (χ0v) is 11.8. The fourth-order valence-electron chi connectivity index (χ4n) is 2.70. The molecule has 0 bridgehead atoms. The second-order valence-corrected chi connectivity index (χ2v) is 6.89. The Bertz CT molecular complexity index is 722. The average molecular weight is 294 g/mol. The SMILES string of the molecule is CS(=O)(=O)N1CCn2cccc2C1c1ccc(F)cc1. The third-order valence-electron chi connectivity index (χ3n) is 3.61. The molecular weight excluding hydrogens is 279 g/mol. The minimum atomic E-state index is -3.33. The molecule has 1 unspecified atom stereocenters. The molecule has 1 aliphatic rings. The summed E-state index contributed by atoms with van der Waals surface area (Å²) in [6, 6.07) is 9.41. The standard InChI is InChI=1S/C14H15FN2O2S/c1-20(18,19)17-10-9-16-8-2-3-13(16)14(17)11-4-6-12(15)7-5-11/h2-8,14H,9-10H2,1H3. The molecule has 20 heavy (non-hydrogen) atoms. The predicted molar refractivity (Wildman–Crippen MR) is 74.2 cm³/mol. The Balaban J connectivity index is 2.14.